The highest BCUT2D eigenvalue weighted by molar-refractivity contribution is 5.97. The van der Waals surface area contributed by atoms with E-state index < -0.39 is 0 Å². The maximum atomic E-state index is 11.8. The lowest BCUT2D eigenvalue weighted by atomic mass is 10.1. The number of Topliss-reactive ketones (excluding diaryl/α,β-unsaturated/α-hetero) is 1. The van der Waals surface area contributed by atoms with Crippen molar-refractivity contribution in [1.82, 2.24) is 4.98 Å². The molecule has 3 aromatic rings. The molecule has 0 radical (unpaired) electrons. The summed E-state index contributed by atoms with van der Waals surface area (Å²) in [5.41, 5.74) is 2.10. The van der Waals surface area contributed by atoms with Gasteiger partial charge in [-0.3, -0.25) is 4.79 Å². The molecule has 0 bridgehead atoms. The first-order valence-electron chi connectivity index (χ1n) is 7.92. The minimum Gasteiger partial charge on any atom is -0.497 e. The summed E-state index contributed by atoms with van der Waals surface area (Å²) in [6.45, 7) is 3.55. The smallest absolute Gasteiger partial charge is 0.226 e. The molecule has 0 aliphatic heterocycles. The molecule has 1 heterocycles. The van der Waals surface area contributed by atoms with E-state index in [9.17, 15) is 4.79 Å². The van der Waals surface area contributed by atoms with Crippen LogP contribution in [0.1, 0.15) is 28.7 Å². The zero-order valence-corrected chi connectivity index (χ0v) is 14.4. The predicted octanol–water partition coefficient (Wildman–Crippen LogP) is 4.44. The van der Waals surface area contributed by atoms with Crippen molar-refractivity contribution in [1.29, 1.82) is 0 Å². The maximum Gasteiger partial charge on any atom is 0.226 e. The molecule has 0 N–H and O–H groups in total. The molecule has 3 rings (SSSR count). The summed E-state index contributed by atoms with van der Waals surface area (Å²) in [5.74, 6) is 2.26. The number of carbonyl (C=O) groups excluding carboxylic acids is 1. The van der Waals surface area contributed by atoms with Crippen LogP contribution in [0.2, 0.25) is 0 Å². The molecule has 1 aromatic heterocycles. The summed E-state index contributed by atoms with van der Waals surface area (Å²) in [7, 11) is 1.57. The van der Waals surface area contributed by atoms with Crippen LogP contribution in [0.25, 0.3) is 11.5 Å². The number of oxazole rings is 1. The highest BCUT2D eigenvalue weighted by atomic mass is 16.5. The largest absolute Gasteiger partial charge is 0.497 e. The number of hydrogen-bond acceptors (Lipinski definition) is 5. The quantitative estimate of drug-likeness (QED) is 0.622. The normalized spacial score (nSPS) is 10.5. The molecule has 0 aliphatic rings. The van der Waals surface area contributed by atoms with E-state index in [2.05, 4.69) is 4.98 Å². The van der Waals surface area contributed by atoms with Crippen molar-refractivity contribution in [3.63, 3.8) is 0 Å². The van der Waals surface area contributed by atoms with Crippen LogP contribution in [0.5, 0.6) is 11.5 Å². The van der Waals surface area contributed by atoms with Gasteiger partial charge >= 0.3 is 0 Å². The average molecular weight is 337 g/mol. The second kappa shape index (κ2) is 7.21. The molecule has 0 saturated carbocycles. The van der Waals surface area contributed by atoms with Crippen LogP contribution in [0, 0.1) is 6.92 Å². The van der Waals surface area contributed by atoms with Crippen molar-refractivity contribution in [2.45, 2.75) is 20.5 Å². The number of nitrogens with zero attached hydrogens (tertiary/aromatic N) is 1. The fourth-order valence-corrected chi connectivity index (χ4v) is 2.45. The number of ether oxygens (including phenoxy) is 2. The Balaban J connectivity index is 1.83. The molecular formula is C20H19NO4. The molecule has 0 spiro atoms. The SMILES string of the molecule is COc1ccc(C(C)=O)c(OCc2nc(-c3ccccc3)oc2C)c1. The Kier molecular flexibility index (Phi) is 4.84. The number of methoxy groups -OCH3 is 1. The number of carbonyl (C=O) groups is 1. The van der Waals surface area contributed by atoms with Crippen LogP contribution in [-0.4, -0.2) is 17.9 Å². The van der Waals surface area contributed by atoms with Gasteiger partial charge in [-0.25, -0.2) is 4.98 Å². The minimum atomic E-state index is -0.0699. The van der Waals surface area contributed by atoms with Crippen LogP contribution < -0.4 is 9.47 Å². The van der Waals surface area contributed by atoms with Gasteiger partial charge in [0, 0.05) is 11.6 Å². The van der Waals surface area contributed by atoms with Gasteiger partial charge in [-0.05, 0) is 38.1 Å². The summed E-state index contributed by atoms with van der Waals surface area (Å²) in [4.78, 5) is 16.3. The van der Waals surface area contributed by atoms with Crippen molar-refractivity contribution >= 4 is 5.78 Å². The monoisotopic (exact) mass is 337 g/mol. The first kappa shape index (κ1) is 16.8. The van der Waals surface area contributed by atoms with Crippen molar-refractivity contribution in [3.8, 4) is 23.0 Å². The third-order valence-electron chi connectivity index (χ3n) is 3.85. The third-order valence-corrected chi connectivity index (χ3v) is 3.85. The Hall–Kier alpha value is -3.08. The molecule has 0 aliphatic carbocycles. The Morgan fingerprint density at radius 3 is 2.60 bits per heavy atom. The minimum absolute atomic E-state index is 0.0699. The number of aryl methyl sites for hydroxylation is 1. The van der Waals surface area contributed by atoms with E-state index in [4.69, 9.17) is 13.9 Å². The van der Waals surface area contributed by atoms with Crippen molar-refractivity contribution in [3.05, 3.63) is 65.5 Å². The predicted molar refractivity (Wildman–Crippen MR) is 94.0 cm³/mol. The fraction of sp³-hybridized carbons (Fsp3) is 0.200. The van der Waals surface area contributed by atoms with Gasteiger partial charge in [0.1, 0.15) is 29.6 Å². The fourth-order valence-electron chi connectivity index (χ4n) is 2.45. The summed E-state index contributed by atoms with van der Waals surface area (Å²) in [6.07, 6.45) is 0. The molecule has 0 unspecified atom stereocenters. The molecule has 25 heavy (non-hydrogen) atoms. The molecule has 0 saturated heterocycles. The number of benzene rings is 2. The second-order valence-corrected chi connectivity index (χ2v) is 5.59. The summed E-state index contributed by atoms with van der Waals surface area (Å²) in [5, 5.41) is 0. The summed E-state index contributed by atoms with van der Waals surface area (Å²) < 4.78 is 16.8. The highest BCUT2D eigenvalue weighted by Gasteiger charge is 2.14. The van der Waals surface area contributed by atoms with Gasteiger partial charge in [0.2, 0.25) is 5.89 Å². The Morgan fingerprint density at radius 1 is 1.16 bits per heavy atom. The first-order chi connectivity index (χ1) is 12.1. The average Bonchev–Trinajstić information content (AvgIpc) is 3.01. The highest BCUT2D eigenvalue weighted by Crippen LogP contribution is 2.27. The van der Waals surface area contributed by atoms with E-state index in [1.807, 2.05) is 37.3 Å². The number of hydrogen-bond donors (Lipinski definition) is 0. The van der Waals surface area contributed by atoms with Gasteiger partial charge in [-0.15, -0.1) is 0 Å². The second-order valence-electron chi connectivity index (χ2n) is 5.59. The van der Waals surface area contributed by atoms with Crippen LogP contribution in [-0.2, 0) is 6.61 Å². The Bertz CT molecular complexity index is 884. The zero-order valence-electron chi connectivity index (χ0n) is 14.4. The summed E-state index contributed by atoms with van der Waals surface area (Å²) >= 11 is 0. The van der Waals surface area contributed by atoms with Crippen molar-refractivity contribution in [2.24, 2.45) is 0 Å². The number of rotatable bonds is 6. The van der Waals surface area contributed by atoms with Gasteiger partial charge in [-0.2, -0.15) is 0 Å². The molecule has 5 nitrogen and oxygen atoms in total. The molecule has 2 aromatic carbocycles. The molecule has 0 fully saturated rings. The van der Waals surface area contributed by atoms with E-state index in [-0.39, 0.29) is 12.4 Å². The van der Waals surface area contributed by atoms with Crippen LogP contribution in [0.3, 0.4) is 0 Å². The lowest BCUT2D eigenvalue weighted by Crippen LogP contribution is -2.03. The van der Waals surface area contributed by atoms with E-state index in [1.54, 1.807) is 25.3 Å². The third kappa shape index (κ3) is 3.71. The lowest BCUT2D eigenvalue weighted by Gasteiger charge is -2.10. The van der Waals surface area contributed by atoms with Crippen LogP contribution in [0.4, 0.5) is 0 Å². The lowest BCUT2D eigenvalue weighted by molar-refractivity contribution is 0.101. The maximum absolute atomic E-state index is 11.8. The Morgan fingerprint density at radius 2 is 1.92 bits per heavy atom. The first-order valence-corrected chi connectivity index (χ1v) is 7.92. The molecule has 0 atom stereocenters. The van der Waals surface area contributed by atoms with Crippen molar-refractivity contribution < 1.29 is 18.7 Å². The van der Waals surface area contributed by atoms with Crippen molar-refractivity contribution in [2.75, 3.05) is 7.11 Å². The molecule has 128 valence electrons. The standard InChI is InChI=1S/C20H19NO4/c1-13(22)17-10-9-16(23-3)11-19(17)24-12-18-14(2)25-20(21-18)15-7-5-4-6-8-15/h4-11H,12H2,1-3H3. The van der Waals surface area contributed by atoms with Crippen LogP contribution in [0.15, 0.2) is 52.9 Å². The summed E-state index contributed by atoms with van der Waals surface area (Å²) in [6, 6.07) is 14.8. The molecule has 5 heteroatoms. The van der Waals surface area contributed by atoms with Gasteiger partial charge in [0.15, 0.2) is 5.78 Å². The van der Waals surface area contributed by atoms with E-state index in [0.29, 0.717) is 34.4 Å². The van der Waals surface area contributed by atoms with Crippen LogP contribution >= 0.6 is 0 Å². The van der Waals surface area contributed by atoms with Gasteiger partial charge in [-0.1, -0.05) is 18.2 Å². The number of aromatic nitrogens is 1. The Labute approximate surface area is 146 Å². The van der Waals surface area contributed by atoms with Gasteiger partial charge in [0.25, 0.3) is 0 Å². The number of ketones is 1. The van der Waals surface area contributed by atoms with E-state index >= 15 is 0 Å². The van der Waals surface area contributed by atoms with Gasteiger partial charge < -0.3 is 13.9 Å². The molecule has 0 amide bonds. The molecular weight excluding hydrogens is 318 g/mol. The zero-order chi connectivity index (χ0) is 17.8. The van der Waals surface area contributed by atoms with Gasteiger partial charge in [0.05, 0.1) is 12.7 Å². The topological polar surface area (TPSA) is 61.6 Å². The van der Waals surface area contributed by atoms with E-state index in [1.165, 1.54) is 6.92 Å². The van der Waals surface area contributed by atoms with E-state index in [0.717, 1.165) is 5.56 Å².